The summed E-state index contributed by atoms with van der Waals surface area (Å²) in [4.78, 5) is 18.2. The highest BCUT2D eigenvalue weighted by molar-refractivity contribution is 5.89. The van der Waals surface area contributed by atoms with E-state index in [0.29, 0.717) is 18.7 Å². The van der Waals surface area contributed by atoms with Crippen LogP contribution < -0.4 is 5.32 Å². The minimum atomic E-state index is -0.282. The SMILES string of the molecule is CCOC(=O)c1ccc(CNC(=NC)N(C)CCC2CCOCC2)cc1. The zero-order chi connectivity index (χ0) is 18.8. The Balaban J connectivity index is 1.79. The van der Waals surface area contributed by atoms with Gasteiger partial charge in [-0.05, 0) is 49.8 Å². The molecule has 1 heterocycles. The molecule has 1 N–H and O–H groups in total. The molecule has 0 saturated carbocycles. The van der Waals surface area contributed by atoms with Gasteiger partial charge in [0, 0.05) is 40.4 Å². The standard InChI is InChI=1S/C20H31N3O3/c1-4-26-19(24)18-7-5-17(6-8-18)15-22-20(21-2)23(3)12-9-16-10-13-25-14-11-16/h5-8,16H,4,9-15H2,1-3H3,(H,21,22). The van der Waals surface area contributed by atoms with Gasteiger partial charge in [0.2, 0.25) is 0 Å². The first kappa shape index (κ1) is 20.2. The number of guanidine groups is 1. The fourth-order valence-corrected chi connectivity index (χ4v) is 3.06. The number of carbonyl (C=O) groups is 1. The highest BCUT2D eigenvalue weighted by Gasteiger charge is 2.15. The highest BCUT2D eigenvalue weighted by atomic mass is 16.5. The number of nitrogens with one attached hydrogen (secondary N) is 1. The molecule has 0 atom stereocenters. The Bertz CT molecular complexity index is 580. The Kier molecular flexibility index (Phi) is 8.41. The highest BCUT2D eigenvalue weighted by Crippen LogP contribution is 2.18. The fraction of sp³-hybridized carbons (Fsp3) is 0.600. The second kappa shape index (κ2) is 10.8. The maximum Gasteiger partial charge on any atom is 0.338 e. The Morgan fingerprint density at radius 1 is 1.31 bits per heavy atom. The van der Waals surface area contributed by atoms with Crippen molar-refractivity contribution in [3.05, 3.63) is 35.4 Å². The smallest absolute Gasteiger partial charge is 0.338 e. The van der Waals surface area contributed by atoms with Crippen molar-refractivity contribution < 1.29 is 14.3 Å². The molecule has 0 unspecified atom stereocenters. The van der Waals surface area contributed by atoms with Crippen molar-refractivity contribution in [3.8, 4) is 0 Å². The number of rotatable bonds is 7. The minimum Gasteiger partial charge on any atom is -0.462 e. The number of nitrogens with zero attached hydrogens (tertiary/aromatic N) is 2. The number of benzene rings is 1. The Labute approximate surface area is 156 Å². The quantitative estimate of drug-likeness (QED) is 0.460. The molecule has 0 aliphatic carbocycles. The van der Waals surface area contributed by atoms with Crippen molar-refractivity contribution in [2.24, 2.45) is 10.9 Å². The van der Waals surface area contributed by atoms with Gasteiger partial charge >= 0.3 is 5.97 Å². The number of carbonyl (C=O) groups excluding carboxylic acids is 1. The molecule has 0 bridgehead atoms. The summed E-state index contributed by atoms with van der Waals surface area (Å²) in [5, 5.41) is 3.38. The molecule has 2 rings (SSSR count). The number of hydrogen-bond acceptors (Lipinski definition) is 4. The van der Waals surface area contributed by atoms with Crippen molar-refractivity contribution in [1.29, 1.82) is 0 Å². The van der Waals surface area contributed by atoms with Gasteiger partial charge < -0.3 is 19.7 Å². The van der Waals surface area contributed by atoms with Crippen LogP contribution in [0.2, 0.25) is 0 Å². The second-order valence-electron chi connectivity index (χ2n) is 6.58. The van der Waals surface area contributed by atoms with Crippen LogP contribution in [0.1, 0.15) is 42.1 Å². The normalized spacial score (nSPS) is 15.6. The molecule has 1 aromatic carbocycles. The lowest BCUT2D eigenvalue weighted by atomic mass is 9.96. The summed E-state index contributed by atoms with van der Waals surface area (Å²) in [5.74, 6) is 1.35. The third-order valence-corrected chi connectivity index (χ3v) is 4.70. The van der Waals surface area contributed by atoms with Crippen LogP contribution in [0.15, 0.2) is 29.3 Å². The molecule has 1 aliphatic rings. The predicted octanol–water partition coefficient (Wildman–Crippen LogP) is 2.69. The maximum atomic E-state index is 11.7. The summed E-state index contributed by atoms with van der Waals surface area (Å²) in [5.41, 5.74) is 1.67. The minimum absolute atomic E-state index is 0.282. The van der Waals surface area contributed by atoms with Gasteiger partial charge in [0.05, 0.1) is 12.2 Å². The molecule has 6 heteroatoms. The van der Waals surface area contributed by atoms with E-state index < -0.39 is 0 Å². The maximum absolute atomic E-state index is 11.7. The van der Waals surface area contributed by atoms with Gasteiger partial charge in [0.1, 0.15) is 0 Å². The topological polar surface area (TPSA) is 63.2 Å². The van der Waals surface area contributed by atoms with E-state index in [1.807, 2.05) is 12.1 Å². The first-order valence-corrected chi connectivity index (χ1v) is 9.39. The molecular weight excluding hydrogens is 330 g/mol. The molecule has 1 saturated heterocycles. The van der Waals surface area contributed by atoms with Crippen molar-refractivity contribution in [2.45, 2.75) is 32.7 Å². The van der Waals surface area contributed by atoms with Crippen LogP contribution in [-0.2, 0) is 16.0 Å². The van der Waals surface area contributed by atoms with E-state index in [9.17, 15) is 4.79 Å². The lowest BCUT2D eigenvalue weighted by Gasteiger charge is -2.26. The Hall–Kier alpha value is -2.08. The predicted molar refractivity (Wildman–Crippen MR) is 103 cm³/mol. The van der Waals surface area contributed by atoms with E-state index in [-0.39, 0.29) is 5.97 Å². The van der Waals surface area contributed by atoms with Crippen LogP contribution in [0.3, 0.4) is 0 Å². The third-order valence-electron chi connectivity index (χ3n) is 4.70. The van der Waals surface area contributed by atoms with E-state index in [0.717, 1.165) is 56.5 Å². The lowest BCUT2D eigenvalue weighted by molar-refractivity contribution is 0.0526. The molecular formula is C20H31N3O3. The molecule has 144 valence electrons. The summed E-state index contributed by atoms with van der Waals surface area (Å²) < 4.78 is 10.4. The number of ether oxygens (including phenoxy) is 2. The zero-order valence-electron chi connectivity index (χ0n) is 16.2. The summed E-state index contributed by atoms with van der Waals surface area (Å²) in [6.07, 6.45) is 3.48. The van der Waals surface area contributed by atoms with Crippen LogP contribution >= 0.6 is 0 Å². The van der Waals surface area contributed by atoms with Crippen molar-refractivity contribution in [2.75, 3.05) is 40.5 Å². The van der Waals surface area contributed by atoms with Crippen molar-refractivity contribution in [3.63, 3.8) is 0 Å². The molecule has 1 aromatic rings. The third kappa shape index (κ3) is 6.33. The van der Waals surface area contributed by atoms with Crippen molar-refractivity contribution >= 4 is 11.9 Å². The molecule has 0 amide bonds. The van der Waals surface area contributed by atoms with Crippen LogP contribution in [-0.4, -0.2) is 57.3 Å². The van der Waals surface area contributed by atoms with Gasteiger partial charge in [-0.1, -0.05) is 12.1 Å². The lowest BCUT2D eigenvalue weighted by Crippen LogP contribution is -2.39. The second-order valence-corrected chi connectivity index (χ2v) is 6.58. The van der Waals surface area contributed by atoms with Gasteiger partial charge in [-0.2, -0.15) is 0 Å². The van der Waals surface area contributed by atoms with E-state index in [1.165, 1.54) is 0 Å². The Morgan fingerprint density at radius 2 is 2.00 bits per heavy atom. The van der Waals surface area contributed by atoms with E-state index in [1.54, 1.807) is 26.1 Å². The zero-order valence-corrected chi connectivity index (χ0v) is 16.2. The molecule has 0 radical (unpaired) electrons. The van der Waals surface area contributed by atoms with Crippen molar-refractivity contribution in [1.82, 2.24) is 10.2 Å². The van der Waals surface area contributed by atoms with Gasteiger partial charge in [-0.15, -0.1) is 0 Å². The van der Waals surface area contributed by atoms with Crippen LogP contribution in [0, 0.1) is 5.92 Å². The molecule has 26 heavy (non-hydrogen) atoms. The van der Waals surface area contributed by atoms with Crippen LogP contribution in [0.25, 0.3) is 0 Å². The first-order valence-electron chi connectivity index (χ1n) is 9.39. The average molecular weight is 361 g/mol. The molecule has 1 aliphatic heterocycles. The van der Waals surface area contributed by atoms with Gasteiger partial charge in [0.25, 0.3) is 0 Å². The monoisotopic (exact) mass is 361 g/mol. The number of hydrogen-bond donors (Lipinski definition) is 1. The Morgan fingerprint density at radius 3 is 2.62 bits per heavy atom. The van der Waals surface area contributed by atoms with Crippen LogP contribution in [0.5, 0.6) is 0 Å². The van der Waals surface area contributed by atoms with Gasteiger partial charge in [-0.3, -0.25) is 4.99 Å². The van der Waals surface area contributed by atoms with E-state index in [2.05, 4.69) is 22.3 Å². The summed E-state index contributed by atoms with van der Waals surface area (Å²) >= 11 is 0. The van der Waals surface area contributed by atoms with Gasteiger partial charge in [0.15, 0.2) is 5.96 Å². The average Bonchev–Trinajstić information content (AvgIpc) is 2.68. The molecule has 0 spiro atoms. The van der Waals surface area contributed by atoms with E-state index >= 15 is 0 Å². The molecule has 1 fully saturated rings. The number of esters is 1. The fourth-order valence-electron chi connectivity index (χ4n) is 3.06. The largest absolute Gasteiger partial charge is 0.462 e. The first-order chi connectivity index (χ1) is 12.6. The van der Waals surface area contributed by atoms with E-state index in [4.69, 9.17) is 9.47 Å². The molecule has 6 nitrogen and oxygen atoms in total. The number of aliphatic imine (C=N–C) groups is 1. The summed E-state index contributed by atoms with van der Waals surface area (Å²) in [6, 6.07) is 7.47. The summed E-state index contributed by atoms with van der Waals surface area (Å²) in [6.45, 7) is 5.62. The summed E-state index contributed by atoms with van der Waals surface area (Å²) in [7, 11) is 3.87. The van der Waals surface area contributed by atoms with Gasteiger partial charge in [-0.25, -0.2) is 4.79 Å². The van der Waals surface area contributed by atoms with Crippen LogP contribution in [0.4, 0.5) is 0 Å². The molecule has 0 aromatic heterocycles.